The number of fused-ring (bicyclic) bond motifs is 1. The van der Waals surface area contributed by atoms with E-state index in [0.717, 1.165) is 11.1 Å². The lowest BCUT2D eigenvalue weighted by Gasteiger charge is -2.29. The molecule has 2 aliphatic heterocycles. The van der Waals surface area contributed by atoms with E-state index >= 15 is 0 Å². The van der Waals surface area contributed by atoms with Gasteiger partial charge in [0, 0.05) is 5.70 Å². The number of hydrogen-bond donors (Lipinski definition) is 0. The van der Waals surface area contributed by atoms with Gasteiger partial charge in [0.15, 0.2) is 16.7 Å². The van der Waals surface area contributed by atoms with Crippen LogP contribution in [0.1, 0.15) is 37.9 Å². The Kier molecular flexibility index (Phi) is 7.03. The first-order chi connectivity index (χ1) is 16.0. The Morgan fingerprint density at radius 2 is 1.88 bits per heavy atom. The Hall–Kier alpha value is -3.26. The summed E-state index contributed by atoms with van der Waals surface area (Å²) in [7, 11) is 0. The van der Waals surface area contributed by atoms with Crippen LogP contribution >= 0.6 is 11.8 Å². The second-order valence-corrected chi connectivity index (χ2v) is 8.41. The number of aliphatic imine (C=N–C) groups is 1. The maximum absolute atomic E-state index is 12.9. The minimum Gasteiger partial charge on any atom is -0.490 e. The normalized spacial score (nSPS) is 17.5. The summed E-state index contributed by atoms with van der Waals surface area (Å²) < 4.78 is 17.2. The van der Waals surface area contributed by atoms with Gasteiger partial charge >= 0.3 is 5.97 Å². The van der Waals surface area contributed by atoms with E-state index < -0.39 is 12.0 Å². The zero-order valence-corrected chi connectivity index (χ0v) is 19.7. The number of rotatable bonds is 8. The van der Waals surface area contributed by atoms with Crippen molar-refractivity contribution in [1.29, 1.82) is 0 Å². The molecule has 0 unspecified atom stereocenters. The summed E-state index contributed by atoms with van der Waals surface area (Å²) in [5.74, 6) is 0.920. The van der Waals surface area contributed by atoms with Crippen molar-refractivity contribution in [3.63, 3.8) is 0 Å². The van der Waals surface area contributed by atoms with Gasteiger partial charge in [-0.3, -0.25) is 9.69 Å². The molecule has 0 bridgehead atoms. The molecule has 7 nitrogen and oxygen atoms in total. The largest absolute Gasteiger partial charge is 0.490 e. The van der Waals surface area contributed by atoms with Gasteiger partial charge in [-0.2, -0.15) is 0 Å². The van der Waals surface area contributed by atoms with Crippen molar-refractivity contribution in [3.05, 3.63) is 70.9 Å². The first-order valence-corrected chi connectivity index (χ1v) is 11.9. The van der Waals surface area contributed by atoms with Crippen LogP contribution in [0.4, 0.5) is 0 Å². The molecule has 0 aliphatic carbocycles. The molecule has 1 amide bonds. The average Bonchev–Trinajstić information content (AvgIpc) is 3.20. The van der Waals surface area contributed by atoms with E-state index in [0.29, 0.717) is 46.9 Å². The molecule has 1 saturated heterocycles. The molecule has 4 rings (SSSR count). The molecule has 2 aliphatic rings. The van der Waals surface area contributed by atoms with Gasteiger partial charge in [-0.05, 0) is 44.0 Å². The third-order valence-electron chi connectivity index (χ3n) is 5.32. The van der Waals surface area contributed by atoms with Gasteiger partial charge in [-0.1, -0.05) is 48.2 Å². The van der Waals surface area contributed by atoms with Gasteiger partial charge in [0.05, 0.1) is 24.5 Å². The number of benzene rings is 2. The highest BCUT2D eigenvalue weighted by molar-refractivity contribution is 8.15. The van der Waals surface area contributed by atoms with Gasteiger partial charge in [0.1, 0.15) is 12.6 Å². The predicted octanol–water partition coefficient (Wildman–Crippen LogP) is 4.49. The van der Waals surface area contributed by atoms with E-state index in [1.54, 1.807) is 13.8 Å². The van der Waals surface area contributed by atoms with Crippen molar-refractivity contribution in [2.24, 2.45) is 4.99 Å². The zero-order chi connectivity index (χ0) is 23.4. The van der Waals surface area contributed by atoms with E-state index in [9.17, 15) is 9.59 Å². The predicted molar refractivity (Wildman–Crippen MR) is 127 cm³/mol. The fourth-order valence-electron chi connectivity index (χ4n) is 3.81. The van der Waals surface area contributed by atoms with Crippen molar-refractivity contribution < 1.29 is 23.8 Å². The molecule has 2 aromatic carbocycles. The van der Waals surface area contributed by atoms with Crippen molar-refractivity contribution in [2.75, 3.05) is 19.0 Å². The highest BCUT2D eigenvalue weighted by Gasteiger charge is 2.40. The quantitative estimate of drug-likeness (QED) is 0.534. The van der Waals surface area contributed by atoms with Gasteiger partial charge in [0.25, 0.3) is 0 Å². The number of esters is 1. The lowest BCUT2D eigenvalue weighted by Crippen LogP contribution is -2.35. The van der Waals surface area contributed by atoms with Crippen molar-refractivity contribution in [2.45, 2.75) is 33.4 Å². The van der Waals surface area contributed by atoms with Gasteiger partial charge in [-0.25, -0.2) is 9.79 Å². The monoisotopic (exact) mass is 466 g/mol. The third kappa shape index (κ3) is 4.75. The smallest absolute Gasteiger partial charge is 0.338 e. The number of amides is 1. The summed E-state index contributed by atoms with van der Waals surface area (Å²) in [6.45, 7) is 6.52. The molecule has 2 heterocycles. The number of allylic oxidation sites excluding steroid dienone is 1. The summed E-state index contributed by atoms with van der Waals surface area (Å²) in [6.07, 6.45) is 0. The summed E-state index contributed by atoms with van der Waals surface area (Å²) in [5.41, 5.74) is 2.73. The van der Waals surface area contributed by atoms with Crippen LogP contribution in [0.5, 0.6) is 11.5 Å². The first kappa shape index (κ1) is 22.9. The topological polar surface area (TPSA) is 77.4 Å². The maximum atomic E-state index is 12.9. The lowest BCUT2D eigenvalue weighted by molar-refractivity contribution is -0.139. The van der Waals surface area contributed by atoms with Crippen molar-refractivity contribution in [1.82, 2.24) is 4.90 Å². The summed E-state index contributed by atoms with van der Waals surface area (Å²) in [4.78, 5) is 31.5. The van der Waals surface area contributed by atoms with Crippen LogP contribution < -0.4 is 9.47 Å². The molecular formula is C25H26N2O5S. The van der Waals surface area contributed by atoms with E-state index in [1.807, 2.05) is 55.5 Å². The van der Waals surface area contributed by atoms with Crippen LogP contribution in [0, 0.1) is 0 Å². The number of hydrogen-bond acceptors (Lipinski definition) is 7. The Labute approximate surface area is 197 Å². The molecule has 0 radical (unpaired) electrons. The number of amidine groups is 1. The fraction of sp³-hybridized carbons (Fsp3) is 0.320. The molecule has 0 saturated carbocycles. The van der Waals surface area contributed by atoms with E-state index in [2.05, 4.69) is 0 Å². The zero-order valence-electron chi connectivity index (χ0n) is 18.9. The Morgan fingerprint density at radius 3 is 2.61 bits per heavy atom. The lowest BCUT2D eigenvalue weighted by atomic mass is 9.95. The standard InChI is InChI=1S/C25H26N2O5S/c1-4-30-20-13-18(11-12-19(20)32-14-17-9-7-6-8-10-17)23-22(24(29)31-5-2)16(3)27-21(28)15-33-25(27)26-23/h6-13,23H,4-5,14-15H2,1-3H3/t23-/m1/s1. The maximum Gasteiger partial charge on any atom is 0.338 e. The SMILES string of the molecule is CCOC(=O)C1=C(C)N2C(=O)CSC2=N[C@@H]1c1ccc(OCc2ccccc2)c(OCC)c1. The molecule has 33 heavy (non-hydrogen) atoms. The Bertz CT molecular complexity index is 1110. The number of carbonyl (C=O) groups is 2. The van der Waals surface area contributed by atoms with Crippen LogP contribution in [-0.4, -0.2) is 40.9 Å². The molecule has 1 fully saturated rings. The number of carbonyl (C=O) groups excluding carboxylic acids is 2. The second-order valence-electron chi connectivity index (χ2n) is 7.47. The van der Waals surface area contributed by atoms with Gasteiger partial charge < -0.3 is 14.2 Å². The number of ether oxygens (including phenoxy) is 3. The summed E-state index contributed by atoms with van der Waals surface area (Å²) in [6, 6.07) is 14.9. The Morgan fingerprint density at radius 1 is 1.09 bits per heavy atom. The minimum absolute atomic E-state index is 0.0869. The molecular weight excluding hydrogens is 440 g/mol. The fourth-order valence-corrected chi connectivity index (χ4v) is 4.74. The van der Waals surface area contributed by atoms with E-state index in [1.165, 1.54) is 16.7 Å². The Balaban J connectivity index is 1.69. The number of nitrogens with zero attached hydrogens (tertiary/aromatic N) is 2. The number of thioether (sulfide) groups is 1. The van der Waals surface area contributed by atoms with E-state index in [4.69, 9.17) is 19.2 Å². The van der Waals surface area contributed by atoms with E-state index in [-0.39, 0.29) is 12.5 Å². The van der Waals surface area contributed by atoms with Crippen LogP contribution in [0.25, 0.3) is 0 Å². The molecule has 172 valence electrons. The highest BCUT2D eigenvalue weighted by atomic mass is 32.2. The van der Waals surface area contributed by atoms with Crippen LogP contribution in [0.2, 0.25) is 0 Å². The average molecular weight is 467 g/mol. The third-order valence-corrected chi connectivity index (χ3v) is 6.26. The molecule has 2 aromatic rings. The van der Waals surface area contributed by atoms with Crippen LogP contribution in [0.3, 0.4) is 0 Å². The molecule has 8 heteroatoms. The minimum atomic E-state index is -0.601. The molecule has 0 aromatic heterocycles. The molecule has 0 spiro atoms. The van der Waals surface area contributed by atoms with Gasteiger partial charge in [0.2, 0.25) is 5.91 Å². The molecule has 0 N–H and O–H groups in total. The van der Waals surface area contributed by atoms with Crippen molar-refractivity contribution in [3.8, 4) is 11.5 Å². The van der Waals surface area contributed by atoms with Crippen LogP contribution in [-0.2, 0) is 20.9 Å². The molecule has 1 atom stereocenters. The summed E-state index contributed by atoms with van der Waals surface area (Å²) >= 11 is 1.37. The van der Waals surface area contributed by atoms with Gasteiger partial charge in [-0.15, -0.1) is 0 Å². The highest BCUT2D eigenvalue weighted by Crippen LogP contribution is 2.41. The summed E-state index contributed by atoms with van der Waals surface area (Å²) in [5, 5.41) is 0.595. The van der Waals surface area contributed by atoms with Crippen LogP contribution in [0.15, 0.2) is 64.8 Å². The second kappa shape index (κ2) is 10.1. The van der Waals surface area contributed by atoms with Crippen molar-refractivity contribution >= 4 is 28.8 Å². The first-order valence-electron chi connectivity index (χ1n) is 10.9.